The first-order chi connectivity index (χ1) is 12.6. The lowest BCUT2D eigenvalue weighted by Crippen LogP contribution is -2.47. The maximum Gasteiger partial charge on any atom is 0.255 e. The molecule has 1 unspecified atom stereocenters. The van der Waals surface area contributed by atoms with Crippen LogP contribution in [0.25, 0.3) is 0 Å². The van der Waals surface area contributed by atoms with Gasteiger partial charge in [0.1, 0.15) is 0 Å². The molecular formula is C21H26N4O. The third-order valence-corrected chi connectivity index (χ3v) is 5.71. The number of rotatable bonds is 3. The predicted octanol–water partition coefficient (Wildman–Crippen LogP) is 2.91. The van der Waals surface area contributed by atoms with Crippen molar-refractivity contribution < 1.29 is 4.79 Å². The molecule has 0 radical (unpaired) electrons. The van der Waals surface area contributed by atoms with Crippen LogP contribution in [-0.4, -0.2) is 51.9 Å². The van der Waals surface area contributed by atoms with Crippen LogP contribution >= 0.6 is 0 Å². The molecule has 5 nitrogen and oxygen atoms in total. The van der Waals surface area contributed by atoms with Gasteiger partial charge in [-0.05, 0) is 57.0 Å². The second-order valence-corrected chi connectivity index (χ2v) is 7.80. The highest BCUT2D eigenvalue weighted by Crippen LogP contribution is 2.39. The van der Waals surface area contributed by atoms with Gasteiger partial charge in [-0.3, -0.25) is 19.7 Å². The van der Waals surface area contributed by atoms with Gasteiger partial charge in [-0.25, -0.2) is 0 Å². The Morgan fingerprint density at radius 2 is 2.08 bits per heavy atom. The van der Waals surface area contributed by atoms with Crippen molar-refractivity contribution in [1.29, 1.82) is 0 Å². The third kappa shape index (κ3) is 3.63. The fraction of sp³-hybridized carbons (Fsp3) is 0.476. The highest BCUT2D eigenvalue weighted by atomic mass is 16.2. The molecule has 5 heteroatoms. The molecule has 1 atom stereocenters. The van der Waals surface area contributed by atoms with Gasteiger partial charge in [0, 0.05) is 49.7 Å². The zero-order valence-electron chi connectivity index (χ0n) is 15.4. The van der Waals surface area contributed by atoms with Crippen molar-refractivity contribution in [2.75, 3.05) is 26.2 Å². The molecule has 2 aliphatic rings. The lowest BCUT2D eigenvalue weighted by atomic mass is 9.79. The summed E-state index contributed by atoms with van der Waals surface area (Å²) in [7, 11) is 0. The van der Waals surface area contributed by atoms with Gasteiger partial charge in [-0.2, -0.15) is 0 Å². The van der Waals surface area contributed by atoms with Crippen LogP contribution < -0.4 is 0 Å². The topological polar surface area (TPSA) is 49.3 Å². The first kappa shape index (κ1) is 17.2. The molecule has 0 aromatic carbocycles. The van der Waals surface area contributed by atoms with Crippen LogP contribution in [0.2, 0.25) is 0 Å². The summed E-state index contributed by atoms with van der Waals surface area (Å²) in [6, 6.07) is 9.92. The van der Waals surface area contributed by atoms with E-state index in [4.69, 9.17) is 0 Å². The van der Waals surface area contributed by atoms with E-state index in [1.807, 2.05) is 30.0 Å². The summed E-state index contributed by atoms with van der Waals surface area (Å²) in [5, 5.41) is 0. The van der Waals surface area contributed by atoms with Crippen molar-refractivity contribution in [2.24, 2.45) is 5.41 Å². The van der Waals surface area contributed by atoms with Gasteiger partial charge in [-0.1, -0.05) is 6.07 Å². The molecule has 4 heterocycles. The summed E-state index contributed by atoms with van der Waals surface area (Å²) >= 11 is 0. The fourth-order valence-corrected chi connectivity index (χ4v) is 4.47. The van der Waals surface area contributed by atoms with Gasteiger partial charge < -0.3 is 4.90 Å². The number of aryl methyl sites for hydroxylation is 1. The summed E-state index contributed by atoms with van der Waals surface area (Å²) in [5.41, 5.74) is 3.15. The molecule has 0 aliphatic carbocycles. The SMILES string of the molecule is Cc1cccc(CN2CCC3(CCCN(C(=O)c4cccnc4)C3)C2)n1. The Morgan fingerprint density at radius 3 is 2.88 bits per heavy atom. The van der Waals surface area contributed by atoms with Crippen molar-refractivity contribution in [3.8, 4) is 0 Å². The lowest BCUT2D eigenvalue weighted by Gasteiger charge is -2.40. The Bertz CT molecular complexity index is 779. The van der Waals surface area contributed by atoms with Crippen LogP contribution in [0.1, 0.15) is 41.0 Å². The Morgan fingerprint density at radius 1 is 1.15 bits per heavy atom. The van der Waals surface area contributed by atoms with Crippen LogP contribution in [0.15, 0.2) is 42.7 Å². The minimum atomic E-state index is 0.121. The molecule has 136 valence electrons. The van der Waals surface area contributed by atoms with Gasteiger partial charge in [0.25, 0.3) is 5.91 Å². The maximum atomic E-state index is 12.8. The van der Waals surface area contributed by atoms with Crippen LogP contribution in [0, 0.1) is 12.3 Å². The normalized spacial score (nSPS) is 23.5. The van der Waals surface area contributed by atoms with Crippen molar-refractivity contribution >= 4 is 5.91 Å². The number of amides is 1. The van der Waals surface area contributed by atoms with Crippen molar-refractivity contribution in [3.63, 3.8) is 0 Å². The van der Waals surface area contributed by atoms with Gasteiger partial charge in [-0.15, -0.1) is 0 Å². The van der Waals surface area contributed by atoms with E-state index in [2.05, 4.69) is 27.0 Å². The molecule has 0 saturated carbocycles. The van der Waals surface area contributed by atoms with E-state index in [9.17, 15) is 4.79 Å². The Kier molecular flexibility index (Phi) is 4.72. The number of nitrogens with zero attached hydrogens (tertiary/aromatic N) is 4. The molecule has 4 rings (SSSR count). The van der Waals surface area contributed by atoms with E-state index in [-0.39, 0.29) is 11.3 Å². The molecule has 2 aliphatic heterocycles. The summed E-state index contributed by atoms with van der Waals surface area (Å²) in [6.45, 7) is 6.80. The average Bonchev–Trinajstić information content (AvgIpc) is 3.03. The van der Waals surface area contributed by atoms with Crippen molar-refractivity contribution in [2.45, 2.75) is 32.7 Å². The maximum absolute atomic E-state index is 12.8. The highest BCUT2D eigenvalue weighted by molar-refractivity contribution is 5.94. The number of hydrogen-bond donors (Lipinski definition) is 0. The Balaban J connectivity index is 1.42. The zero-order chi connectivity index (χ0) is 18.0. The lowest BCUT2D eigenvalue weighted by molar-refractivity contribution is 0.0526. The van der Waals surface area contributed by atoms with Gasteiger partial charge >= 0.3 is 0 Å². The third-order valence-electron chi connectivity index (χ3n) is 5.71. The van der Waals surface area contributed by atoms with E-state index in [0.717, 1.165) is 57.0 Å². The number of hydrogen-bond acceptors (Lipinski definition) is 4. The van der Waals surface area contributed by atoms with Crippen molar-refractivity contribution in [3.05, 3.63) is 59.7 Å². The molecule has 2 fully saturated rings. The Labute approximate surface area is 155 Å². The minimum absolute atomic E-state index is 0.121. The summed E-state index contributed by atoms with van der Waals surface area (Å²) < 4.78 is 0. The van der Waals surface area contributed by atoms with Crippen LogP contribution in [0.5, 0.6) is 0 Å². The van der Waals surface area contributed by atoms with E-state index in [1.165, 1.54) is 6.42 Å². The number of pyridine rings is 2. The molecule has 2 aromatic heterocycles. The predicted molar refractivity (Wildman–Crippen MR) is 101 cm³/mol. The molecule has 2 saturated heterocycles. The standard InChI is InChI=1S/C21H26N4O/c1-17-5-2-7-19(23-17)14-24-12-9-21(15-24)8-4-11-25(16-21)20(26)18-6-3-10-22-13-18/h2-3,5-7,10,13H,4,8-9,11-12,14-16H2,1H3. The second-order valence-electron chi connectivity index (χ2n) is 7.80. The molecule has 26 heavy (non-hydrogen) atoms. The second kappa shape index (κ2) is 7.16. The number of carbonyl (C=O) groups excluding carboxylic acids is 1. The van der Waals surface area contributed by atoms with Crippen LogP contribution in [0.3, 0.4) is 0 Å². The van der Waals surface area contributed by atoms with E-state index in [1.54, 1.807) is 12.4 Å². The molecular weight excluding hydrogens is 324 g/mol. The first-order valence-electron chi connectivity index (χ1n) is 9.48. The monoisotopic (exact) mass is 350 g/mol. The van der Waals surface area contributed by atoms with Crippen LogP contribution in [-0.2, 0) is 6.54 Å². The molecule has 0 bridgehead atoms. The largest absolute Gasteiger partial charge is 0.338 e. The quantitative estimate of drug-likeness (QED) is 0.854. The number of aromatic nitrogens is 2. The zero-order valence-corrected chi connectivity index (χ0v) is 15.4. The number of likely N-dealkylation sites (tertiary alicyclic amines) is 2. The summed E-state index contributed by atoms with van der Waals surface area (Å²) in [4.78, 5) is 26.1. The van der Waals surface area contributed by atoms with Gasteiger partial charge in [0.05, 0.1) is 11.3 Å². The minimum Gasteiger partial charge on any atom is -0.338 e. The summed E-state index contributed by atoms with van der Waals surface area (Å²) in [6.07, 6.45) is 6.84. The number of piperidine rings is 1. The summed E-state index contributed by atoms with van der Waals surface area (Å²) in [5.74, 6) is 0.121. The highest BCUT2D eigenvalue weighted by Gasteiger charge is 2.42. The average molecular weight is 350 g/mol. The van der Waals surface area contributed by atoms with Gasteiger partial charge in [0.15, 0.2) is 0 Å². The van der Waals surface area contributed by atoms with E-state index < -0.39 is 0 Å². The van der Waals surface area contributed by atoms with E-state index >= 15 is 0 Å². The number of carbonyl (C=O) groups is 1. The first-order valence-corrected chi connectivity index (χ1v) is 9.48. The van der Waals surface area contributed by atoms with Gasteiger partial charge in [0.2, 0.25) is 0 Å². The molecule has 0 N–H and O–H groups in total. The van der Waals surface area contributed by atoms with Crippen molar-refractivity contribution in [1.82, 2.24) is 19.8 Å². The fourth-order valence-electron chi connectivity index (χ4n) is 4.47. The Hall–Kier alpha value is -2.27. The molecule has 1 amide bonds. The smallest absolute Gasteiger partial charge is 0.255 e. The molecule has 2 aromatic rings. The molecule has 1 spiro atoms. The van der Waals surface area contributed by atoms with Crippen LogP contribution in [0.4, 0.5) is 0 Å². The van der Waals surface area contributed by atoms with E-state index in [0.29, 0.717) is 5.56 Å².